The van der Waals surface area contributed by atoms with Crippen LogP contribution in [-0.4, -0.2) is 35.8 Å². The first-order chi connectivity index (χ1) is 17.1. The third-order valence-corrected chi connectivity index (χ3v) is 6.65. The molecule has 5 rings (SSSR count). The number of hydrogen-bond acceptors (Lipinski definition) is 6. The van der Waals surface area contributed by atoms with Crippen molar-refractivity contribution in [2.24, 2.45) is 0 Å². The Bertz CT molecular complexity index is 1540. The largest absolute Gasteiger partial charge is 0.416 e. The summed E-state index contributed by atoms with van der Waals surface area (Å²) in [5.74, 6) is -0.261. The number of amides is 2. The summed E-state index contributed by atoms with van der Waals surface area (Å²) in [5, 5.41) is 4.48. The molecule has 0 unspecified atom stereocenters. The van der Waals surface area contributed by atoms with E-state index in [9.17, 15) is 22.8 Å². The number of nitrogens with one attached hydrogen (secondary N) is 1. The van der Waals surface area contributed by atoms with Crippen molar-refractivity contribution in [2.45, 2.75) is 19.3 Å². The van der Waals surface area contributed by atoms with Crippen molar-refractivity contribution >= 4 is 57.4 Å². The summed E-state index contributed by atoms with van der Waals surface area (Å²) in [6.45, 7) is -0.0888. The summed E-state index contributed by atoms with van der Waals surface area (Å²) in [6.07, 6.45) is 0.0209. The number of halogens is 4. The van der Waals surface area contributed by atoms with Crippen molar-refractivity contribution in [1.82, 2.24) is 24.6 Å². The number of aromatic nitrogens is 4. The molecule has 2 aromatic carbocycles. The molecule has 0 atom stereocenters. The molecular weight excluding hydrogens is 517 g/mol. The van der Waals surface area contributed by atoms with Crippen LogP contribution in [0.5, 0.6) is 0 Å². The molecular formula is C23H16ClF3N6O2S. The van der Waals surface area contributed by atoms with Crippen molar-refractivity contribution in [2.75, 3.05) is 5.73 Å². The van der Waals surface area contributed by atoms with Crippen LogP contribution in [0.1, 0.15) is 22.4 Å². The van der Waals surface area contributed by atoms with Crippen LogP contribution in [0, 0.1) is 0 Å². The van der Waals surface area contributed by atoms with Gasteiger partial charge in [-0.25, -0.2) is 4.98 Å². The second kappa shape index (κ2) is 9.03. The predicted molar refractivity (Wildman–Crippen MR) is 130 cm³/mol. The number of imidazole rings is 1. The molecule has 1 fully saturated rings. The number of imide groups is 1. The lowest BCUT2D eigenvalue weighted by Crippen LogP contribution is -2.27. The van der Waals surface area contributed by atoms with Crippen molar-refractivity contribution in [3.63, 3.8) is 0 Å². The minimum absolute atomic E-state index is 0.000788. The molecule has 13 heteroatoms. The maximum Gasteiger partial charge on any atom is 0.416 e. The van der Waals surface area contributed by atoms with Gasteiger partial charge in [-0.3, -0.25) is 19.2 Å². The normalized spacial score (nSPS) is 15.6. The molecule has 2 amide bonds. The number of nitrogen functional groups attached to an aromatic ring is 1. The highest BCUT2D eigenvalue weighted by Crippen LogP contribution is 2.35. The van der Waals surface area contributed by atoms with Crippen LogP contribution >= 0.6 is 23.4 Å². The van der Waals surface area contributed by atoms with E-state index in [1.54, 1.807) is 24.3 Å². The van der Waals surface area contributed by atoms with E-state index in [1.165, 1.54) is 29.2 Å². The average Bonchev–Trinajstić information content (AvgIpc) is 3.48. The Morgan fingerprint density at radius 3 is 2.64 bits per heavy atom. The lowest BCUT2D eigenvalue weighted by atomic mass is 10.1. The molecule has 1 saturated heterocycles. The van der Waals surface area contributed by atoms with Crippen LogP contribution in [0.4, 0.5) is 23.9 Å². The van der Waals surface area contributed by atoms with Crippen LogP contribution < -0.4 is 5.73 Å². The summed E-state index contributed by atoms with van der Waals surface area (Å²) >= 11 is 6.58. The van der Waals surface area contributed by atoms with E-state index >= 15 is 0 Å². The molecule has 3 heterocycles. The Kier molecular flexibility index (Phi) is 6.00. The zero-order valence-electron chi connectivity index (χ0n) is 18.2. The van der Waals surface area contributed by atoms with Crippen LogP contribution in [0.3, 0.4) is 0 Å². The first-order valence-corrected chi connectivity index (χ1v) is 11.6. The summed E-state index contributed by atoms with van der Waals surface area (Å²) in [5.41, 5.74) is 6.54. The molecule has 0 aliphatic carbocycles. The summed E-state index contributed by atoms with van der Waals surface area (Å²) < 4.78 is 41.9. The van der Waals surface area contributed by atoms with E-state index in [-0.39, 0.29) is 34.5 Å². The quantitative estimate of drug-likeness (QED) is 0.338. The van der Waals surface area contributed by atoms with Gasteiger partial charge < -0.3 is 10.7 Å². The highest BCUT2D eigenvalue weighted by molar-refractivity contribution is 8.18. The van der Waals surface area contributed by atoms with E-state index in [1.807, 2.05) is 0 Å². The Morgan fingerprint density at radius 2 is 1.92 bits per heavy atom. The molecule has 4 aromatic rings. The molecule has 0 bridgehead atoms. The minimum atomic E-state index is -4.55. The van der Waals surface area contributed by atoms with E-state index in [4.69, 9.17) is 17.3 Å². The maximum atomic E-state index is 13.5. The number of benzene rings is 2. The third-order valence-electron chi connectivity index (χ3n) is 5.51. The molecule has 2 aromatic heterocycles. The molecule has 1 aliphatic heterocycles. The Labute approximate surface area is 210 Å². The number of rotatable bonds is 5. The van der Waals surface area contributed by atoms with Gasteiger partial charge in [-0.05, 0) is 53.2 Å². The molecule has 36 heavy (non-hydrogen) atoms. The minimum Gasteiger partial charge on any atom is -0.369 e. The summed E-state index contributed by atoms with van der Waals surface area (Å²) in [4.78, 5) is 33.1. The van der Waals surface area contributed by atoms with Crippen molar-refractivity contribution in [3.8, 4) is 0 Å². The molecule has 0 saturated carbocycles. The number of nitrogens with two attached hydrogens (primary N) is 1. The topological polar surface area (TPSA) is 110 Å². The summed E-state index contributed by atoms with van der Waals surface area (Å²) in [6, 6.07) is 8.79. The first kappa shape index (κ1) is 23.9. The number of carbonyl (C=O) groups is 2. The molecule has 0 radical (unpaired) electrons. The zero-order valence-corrected chi connectivity index (χ0v) is 19.8. The number of nitrogens with zero attached hydrogens (tertiary/aromatic N) is 4. The Morgan fingerprint density at radius 1 is 1.11 bits per heavy atom. The van der Waals surface area contributed by atoms with Gasteiger partial charge in [0.1, 0.15) is 0 Å². The predicted octanol–water partition coefficient (Wildman–Crippen LogP) is 5.30. The maximum absolute atomic E-state index is 13.5. The number of fused-ring (bicyclic) bond motifs is 1. The highest BCUT2D eigenvalue weighted by Gasteiger charge is 2.35. The SMILES string of the molecule is Nc1ncc(CN2C(=O)SC(=Cc3ccc4c(cnn4Cc4ccc(Cl)cc4C(F)(F)F)c3)C2=O)[nH]1. The number of H-pyrrole nitrogens is 1. The zero-order chi connectivity index (χ0) is 25.6. The van der Waals surface area contributed by atoms with Crippen LogP contribution in [0.25, 0.3) is 17.0 Å². The lowest BCUT2D eigenvalue weighted by molar-refractivity contribution is -0.138. The monoisotopic (exact) mass is 532 g/mol. The van der Waals surface area contributed by atoms with E-state index in [0.29, 0.717) is 22.2 Å². The number of anilines is 1. The van der Waals surface area contributed by atoms with Gasteiger partial charge in [-0.2, -0.15) is 18.3 Å². The van der Waals surface area contributed by atoms with Gasteiger partial charge in [0.05, 0.1) is 47.2 Å². The van der Waals surface area contributed by atoms with Crippen LogP contribution in [-0.2, 0) is 24.1 Å². The second-order valence-electron chi connectivity index (χ2n) is 7.98. The van der Waals surface area contributed by atoms with Gasteiger partial charge in [0.2, 0.25) is 0 Å². The first-order valence-electron chi connectivity index (χ1n) is 10.4. The molecule has 0 spiro atoms. The average molecular weight is 533 g/mol. The number of alkyl halides is 3. The van der Waals surface area contributed by atoms with Gasteiger partial charge in [-0.15, -0.1) is 0 Å². The number of aromatic amines is 1. The van der Waals surface area contributed by atoms with Crippen molar-refractivity contribution in [1.29, 1.82) is 0 Å². The smallest absolute Gasteiger partial charge is 0.369 e. The second-order valence-corrected chi connectivity index (χ2v) is 9.41. The van der Waals surface area contributed by atoms with E-state index < -0.39 is 22.9 Å². The Balaban J connectivity index is 1.39. The van der Waals surface area contributed by atoms with Gasteiger partial charge >= 0.3 is 6.18 Å². The van der Waals surface area contributed by atoms with Crippen LogP contribution in [0.2, 0.25) is 5.02 Å². The Hall–Kier alpha value is -3.77. The molecule has 3 N–H and O–H groups in total. The standard InChI is InChI=1S/C23H16ClF3N6O2S/c24-15-3-2-13(17(7-15)23(25,26)27)10-33-18-4-1-12(5-14(18)8-30-33)6-19-20(34)32(22(35)36-19)11-16-9-29-21(28)31-16/h1-9H,10-11H2,(H3,28,29,31). The fraction of sp³-hybridized carbons (Fsp3) is 0.130. The summed E-state index contributed by atoms with van der Waals surface area (Å²) in [7, 11) is 0. The fourth-order valence-corrected chi connectivity index (χ4v) is 4.86. The molecule has 184 valence electrons. The fourth-order valence-electron chi connectivity index (χ4n) is 3.85. The van der Waals surface area contributed by atoms with E-state index in [2.05, 4.69) is 15.1 Å². The third kappa shape index (κ3) is 4.69. The van der Waals surface area contributed by atoms with E-state index in [0.717, 1.165) is 22.7 Å². The van der Waals surface area contributed by atoms with Gasteiger partial charge in [0, 0.05) is 10.4 Å². The van der Waals surface area contributed by atoms with Crippen LogP contribution in [0.15, 0.2) is 53.7 Å². The van der Waals surface area contributed by atoms with Gasteiger partial charge in [0.15, 0.2) is 5.95 Å². The lowest BCUT2D eigenvalue weighted by Gasteiger charge is -2.14. The van der Waals surface area contributed by atoms with Crippen molar-refractivity contribution in [3.05, 3.63) is 81.1 Å². The van der Waals surface area contributed by atoms with Crippen molar-refractivity contribution < 1.29 is 22.8 Å². The number of hydrogen-bond donors (Lipinski definition) is 2. The molecule has 8 nitrogen and oxygen atoms in total. The van der Waals surface area contributed by atoms with Gasteiger partial charge in [0.25, 0.3) is 11.1 Å². The van der Waals surface area contributed by atoms with Gasteiger partial charge in [-0.1, -0.05) is 23.7 Å². The highest BCUT2D eigenvalue weighted by atomic mass is 35.5. The number of carbonyl (C=O) groups excluding carboxylic acids is 2. The number of thioether (sulfide) groups is 1. The molecule has 1 aliphatic rings.